The highest BCUT2D eigenvalue weighted by Crippen LogP contribution is 2.13. The molecule has 7 nitrogen and oxygen atoms in total. The van der Waals surface area contributed by atoms with Crippen molar-refractivity contribution < 1.29 is 22.7 Å². The van der Waals surface area contributed by atoms with Crippen molar-refractivity contribution in [2.45, 2.75) is 4.90 Å². The highest BCUT2D eigenvalue weighted by Gasteiger charge is 2.09. The molecule has 0 saturated carbocycles. The van der Waals surface area contributed by atoms with Crippen LogP contribution in [-0.4, -0.2) is 26.9 Å². The van der Waals surface area contributed by atoms with Gasteiger partial charge in [-0.2, -0.15) is 0 Å². The van der Waals surface area contributed by atoms with Crippen molar-refractivity contribution >= 4 is 49.6 Å². The molecule has 0 radical (unpaired) electrons. The Morgan fingerprint density at radius 2 is 1.85 bits per heavy atom. The van der Waals surface area contributed by atoms with Crippen molar-refractivity contribution in [3.8, 4) is 0 Å². The molecule has 26 heavy (non-hydrogen) atoms. The van der Waals surface area contributed by atoms with Crippen LogP contribution in [0.5, 0.6) is 0 Å². The Bertz CT molecular complexity index is 940. The number of hydrogen-bond acceptors (Lipinski definition) is 5. The van der Waals surface area contributed by atoms with E-state index in [1.54, 1.807) is 6.08 Å². The standard InChI is InChI=1S/C17H15BrN2O5S/c18-13-3-1-2-12(10-13)4-9-17(22)25-11-16(21)20-14-5-7-15(8-6-14)26(19,23)24/h1-10H,11H2,(H,20,21)(H2,19,23,24)/b9-4+. The first-order valence-electron chi connectivity index (χ1n) is 7.27. The van der Waals surface area contributed by atoms with Crippen LogP contribution in [0.15, 0.2) is 64.0 Å². The topological polar surface area (TPSA) is 116 Å². The Kier molecular flexibility index (Phi) is 6.67. The molecule has 0 aliphatic rings. The first kappa shape index (κ1) is 19.8. The molecular weight excluding hydrogens is 424 g/mol. The summed E-state index contributed by atoms with van der Waals surface area (Å²) in [4.78, 5) is 23.3. The molecule has 2 aromatic carbocycles. The van der Waals surface area contributed by atoms with E-state index < -0.39 is 28.5 Å². The minimum atomic E-state index is -3.79. The third-order valence-electron chi connectivity index (χ3n) is 3.07. The minimum Gasteiger partial charge on any atom is -0.452 e. The highest BCUT2D eigenvalue weighted by molar-refractivity contribution is 9.10. The molecule has 0 atom stereocenters. The van der Waals surface area contributed by atoms with Crippen molar-refractivity contribution in [1.82, 2.24) is 0 Å². The van der Waals surface area contributed by atoms with Gasteiger partial charge in [-0.05, 0) is 48.0 Å². The molecule has 0 spiro atoms. The van der Waals surface area contributed by atoms with Crippen LogP contribution in [0.3, 0.4) is 0 Å². The molecular formula is C17H15BrN2O5S. The van der Waals surface area contributed by atoms with Crippen molar-refractivity contribution in [2.24, 2.45) is 5.14 Å². The number of carbonyl (C=O) groups excluding carboxylic acids is 2. The van der Waals surface area contributed by atoms with Crippen molar-refractivity contribution in [3.63, 3.8) is 0 Å². The molecule has 136 valence electrons. The Morgan fingerprint density at radius 1 is 1.15 bits per heavy atom. The van der Waals surface area contributed by atoms with Gasteiger partial charge in [0.2, 0.25) is 10.0 Å². The third-order valence-corrected chi connectivity index (χ3v) is 4.50. The van der Waals surface area contributed by atoms with Crippen LogP contribution in [0.4, 0.5) is 5.69 Å². The maximum Gasteiger partial charge on any atom is 0.331 e. The van der Waals surface area contributed by atoms with E-state index in [0.29, 0.717) is 5.69 Å². The predicted octanol–water partition coefficient (Wildman–Crippen LogP) is 2.29. The molecule has 0 fully saturated rings. The lowest BCUT2D eigenvalue weighted by atomic mass is 10.2. The maximum absolute atomic E-state index is 11.8. The molecule has 0 heterocycles. The van der Waals surface area contributed by atoms with E-state index in [4.69, 9.17) is 9.88 Å². The lowest BCUT2D eigenvalue weighted by Crippen LogP contribution is -2.20. The van der Waals surface area contributed by atoms with E-state index >= 15 is 0 Å². The summed E-state index contributed by atoms with van der Waals surface area (Å²) in [6.07, 6.45) is 2.78. The largest absolute Gasteiger partial charge is 0.452 e. The zero-order valence-electron chi connectivity index (χ0n) is 13.4. The molecule has 0 aromatic heterocycles. The third kappa shape index (κ3) is 6.43. The number of hydrogen-bond donors (Lipinski definition) is 2. The summed E-state index contributed by atoms with van der Waals surface area (Å²) in [7, 11) is -3.79. The summed E-state index contributed by atoms with van der Waals surface area (Å²) in [6.45, 7) is -0.474. The summed E-state index contributed by atoms with van der Waals surface area (Å²) >= 11 is 3.32. The molecule has 0 aliphatic carbocycles. The number of nitrogens with two attached hydrogens (primary N) is 1. The fraction of sp³-hybridized carbons (Fsp3) is 0.0588. The van der Waals surface area contributed by atoms with Crippen LogP contribution in [0.1, 0.15) is 5.56 Å². The van der Waals surface area contributed by atoms with E-state index in [9.17, 15) is 18.0 Å². The van der Waals surface area contributed by atoms with E-state index in [1.165, 1.54) is 30.3 Å². The smallest absolute Gasteiger partial charge is 0.331 e. The molecule has 3 N–H and O–H groups in total. The van der Waals surface area contributed by atoms with Crippen molar-refractivity contribution in [3.05, 3.63) is 64.6 Å². The molecule has 0 aliphatic heterocycles. The number of carbonyl (C=O) groups is 2. The number of nitrogens with one attached hydrogen (secondary N) is 1. The summed E-state index contributed by atoms with van der Waals surface area (Å²) in [5, 5.41) is 7.46. The van der Waals surface area contributed by atoms with E-state index in [1.807, 2.05) is 24.3 Å². The molecule has 1 amide bonds. The second-order valence-corrected chi connectivity index (χ2v) is 7.59. The van der Waals surface area contributed by atoms with Crippen LogP contribution in [0.2, 0.25) is 0 Å². The van der Waals surface area contributed by atoms with Crippen LogP contribution in [-0.2, 0) is 24.3 Å². The van der Waals surface area contributed by atoms with Gasteiger partial charge in [0.1, 0.15) is 0 Å². The molecule has 0 bridgehead atoms. The Labute approximate surface area is 159 Å². The summed E-state index contributed by atoms with van der Waals surface area (Å²) < 4.78 is 28.0. The number of halogens is 1. The predicted molar refractivity (Wildman–Crippen MR) is 101 cm³/mol. The summed E-state index contributed by atoms with van der Waals surface area (Å²) in [5.74, 6) is -1.22. The van der Waals surface area contributed by atoms with Crippen molar-refractivity contribution in [2.75, 3.05) is 11.9 Å². The van der Waals surface area contributed by atoms with E-state index in [2.05, 4.69) is 21.2 Å². The van der Waals surface area contributed by atoms with Crippen LogP contribution in [0.25, 0.3) is 6.08 Å². The van der Waals surface area contributed by atoms with E-state index in [0.717, 1.165) is 10.0 Å². The van der Waals surface area contributed by atoms with Crippen LogP contribution >= 0.6 is 15.9 Å². The first-order chi connectivity index (χ1) is 12.2. The Morgan fingerprint density at radius 3 is 2.46 bits per heavy atom. The normalized spacial score (nSPS) is 11.3. The number of anilines is 1. The lowest BCUT2D eigenvalue weighted by Gasteiger charge is -2.06. The number of rotatable bonds is 6. The van der Waals surface area contributed by atoms with Gasteiger partial charge >= 0.3 is 5.97 Å². The van der Waals surface area contributed by atoms with Gasteiger partial charge in [0, 0.05) is 16.2 Å². The number of sulfonamides is 1. The summed E-state index contributed by atoms with van der Waals surface area (Å²) in [6, 6.07) is 12.6. The quantitative estimate of drug-likeness (QED) is 0.530. The zero-order valence-corrected chi connectivity index (χ0v) is 15.8. The minimum absolute atomic E-state index is 0.0698. The number of benzene rings is 2. The lowest BCUT2D eigenvalue weighted by molar-refractivity contribution is -0.142. The second kappa shape index (κ2) is 8.75. The first-order valence-corrected chi connectivity index (χ1v) is 9.61. The Hall–Kier alpha value is -2.49. The number of ether oxygens (including phenoxy) is 1. The molecule has 2 rings (SSSR count). The van der Waals surface area contributed by atoms with Gasteiger partial charge in [0.25, 0.3) is 5.91 Å². The van der Waals surface area contributed by atoms with Gasteiger partial charge in [0.15, 0.2) is 6.61 Å². The zero-order chi connectivity index (χ0) is 19.2. The highest BCUT2D eigenvalue weighted by atomic mass is 79.9. The Balaban J connectivity index is 1.83. The molecule has 2 aromatic rings. The maximum atomic E-state index is 11.8. The number of amides is 1. The SMILES string of the molecule is NS(=O)(=O)c1ccc(NC(=O)COC(=O)/C=C/c2cccc(Br)c2)cc1. The van der Waals surface area contributed by atoms with E-state index in [-0.39, 0.29) is 4.90 Å². The fourth-order valence-electron chi connectivity index (χ4n) is 1.88. The number of primary sulfonamides is 1. The van der Waals surface area contributed by atoms with Crippen LogP contribution < -0.4 is 10.5 Å². The molecule has 0 unspecified atom stereocenters. The second-order valence-electron chi connectivity index (χ2n) is 5.11. The van der Waals surface area contributed by atoms with Gasteiger partial charge in [-0.25, -0.2) is 18.4 Å². The van der Waals surface area contributed by atoms with Gasteiger partial charge in [-0.3, -0.25) is 4.79 Å². The molecule has 0 saturated heterocycles. The molecule has 9 heteroatoms. The fourth-order valence-corrected chi connectivity index (χ4v) is 2.82. The van der Waals surface area contributed by atoms with Gasteiger partial charge in [-0.1, -0.05) is 28.1 Å². The average Bonchev–Trinajstić information content (AvgIpc) is 2.58. The van der Waals surface area contributed by atoms with Crippen molar-refractivity contribution in [1.29, 1.82) is 0 Å². The van der Waals surface area contributed by atoms with Crippen LogP contribution in [0, 0.1) is 0 Å². The average molecular weight is 439 g/mol. The number of esters is 1. The van der Waals surface area contributed by atoms with Gasteiger partial charge < -0.3 is 10.1 Å². The van der Waals surface area contributed by atoms with Gasteiger partial charge in [0.05, 0.1) is 4.90 Å². The van der Waals surface area contributed by atoms with Gasteiger partial charge in [-0.15, -0.1) is 0 Å². The summed E-state index contributed by atoms with van der Waals surface area (Å²) in [5.41, 5.74) is 1.15. The monoisotopic (exact) mass is 438 g/mol.